The number of aromatic nitrogens is 3. The molecular weight excluding hydrogens is 399 g/mol. The molecule has 31 heavy (non-hydrogen) atoms. The van der Waals surface area contributed by atoms with E-state index in [1.807, 2.05) is 60.7 Å². The van der Waals surface area contributed by atoms with Crippen LogP contribution in [0, 0.1) is 5.41 Å². The van der Waals surface area contributed by atoms with Gasteiger partial charge in [-0.2, -0.15) is 13.2 Å². The summed E-state index contributed by atoms with van der Waals surface area (Å²) in [5.74, 6) is 0. The summed E-state index contributed by atoms with van der Waals surface area (Å²) in [6, 6.07) is 25.8. The summed E-state index contributed by atoms with van der Waals surface area (Å²) in [5.41, 5.74) is 0.636. The molecule has 0 radical (unpaired) electrons. The van der Waals surface area contributed by atoms with Crippen LogP contribution in [0.5, 0.6) is 0 Å². The minimum absolute atomic E-state index is 0.0553. The van der Waals surface area contributed by atoms with Crippen molar-refractivity contribution in [3.63, 3.8) is 0 Å². The topological polar surface area (TPSA) is 30.7 Å². The first kappa shape index (κ1) is 18.4. The first-order chi connectivity index (χ1) is 15.0. The van der Waals surface area contributed by atoms with Crippen molar-refractivity contribution in [3.8, 4) is 22.5 Å². The van der Waals surface area contributed by atoms with Gasteiger partial charge in [0.1, 0.15) is 11.2 Å². The first-order valence-corrected chi connectivity index (χ1v) is 10.2. The number of nitrogens with zero attached hydrogens (tertiary/aromatic N) is 3. The lowest BCUT2D eigenvalue weighted by Crippen LogP contribution is -2.50. The largest absolute Gasteiger partial charge is 0.397 e. The number of hydrogen-bond donors (Lipinski definition) is 0. The molecule has 1 saturated carbocycles. The predicted molar refractivity (Wildman–Crippen MR) is 111 cm³/mol. The fraction of sp³-hybridized carbons (Fsp3) is 0.200. The van der Waals surface area contributed by atoms with Crippen LogP contribution in [-0.2, 0) is 5.54 Å². The molecular formula is C25H18F3N3. The summed E-state index contributed by atoms with van der Waals surface area (Å²) < 4.78 is 45.8. The molecule has 6 rings (SSSR count). The summed E-state index contributed by atoms with van der Waals surface area (Å²) in [6.45, 7) is 0. The van der Waals surface area contributed by atoms with E-state index in [4.69, 9.17) is 0 Å². The number of fused-ring (bicyclic) bond motifs is 3. The van der Waals surface area contributed by atoms with Gasteiger partial charge in [0, 0.05) is 11.1 Å². The Balaban J connectivity index is 1.75. The standard InChI is InChI=1S/C25H18F3N3/c26-25(27,28)23(15-16-23)24(18-11-5-2-6-12-18)20-14-8-7-13-19(20)22-21(29-30-31(22)24)17-9-3-1-4-10-17/h1-14H,15-16H2/t24-/m1/s1. The number of benzene rings is 3. The van der Waals surface area contributed by atoms with Crippen LogP contribution in [0.2, 0.25) is 0 Å². The Morgan fingerprint density at radius 3 is 2.03 bits per heavy atom. The minimum atomic E-state index is -4.39. The lowest BCUT2D eigenvalue weighted by Gasteiger charge is -2.41. The molecule has 1 aliphatic heterocycles. The molecule has 0 spiro atoms. The minimum Gasteiger partial charge on any atom is -0.228 e. The van der Waals surface area contributed by atoms with Gasteiger partial charge in [-0.1, -0.05) is 90.1 Å². The molecule has 6 heteroatoms. The van der Waals surface area contributed by atoms with Gasteiger partial charge >= 0.3 is 6.18 Å². The molecule has 0 saturated heterocycles. The van der Waals surface area contributed by atoms with Crippen LogP contribution in [0.25, 0.3) is 22.5 Å². The molecule has 3 nitrogen and oxygen atoms in total. The van der Waals surface area contributed by atoms with Crippen molar-refractivity contribution in [1.29, 1.82) is 0 Å². The first-order valence-electron chi connectivity index (χ1n) is 10.2. The SMILES string of the molecule is FC(F)(F)C1([C@@]2(c3ccccc3)c3ccccc3-c3c(-c4ccccc4)nnn32)CC1. The third kappa shape index (κ3) is 2.19. The van der Waals surface area contributed by atoms with Gasteiger partial charge in [-0.3, -0.25) is 0 Å². The number of hydrogen-bond acceptors (Lipinski definition) is 2. The smallest absolute Gasteiger partial charge is 0.228 e. The quantitative estimate of drug-likeness (QED) is 0.406. The van der Waals surface area contributed by atoms with Crippen molar-refractivity contribution in [2.45, 2.75) is 24.6 Å². The van der Waals surface area contributed by atoms with E-state index in [1.54, 1.807) is 28.9 Å². The van der Waals surface area contributed by atoms with Crippen LogP contribution in [0.1, 0.15) is 24.0 Å². The molecule has 1 fully saturated rings. The molecule has 2 aliphatic rings. The Kier molecular flexibility index (Phi) is 3.59. The fourth-order valence-electron chi connectivity index (χ4n) is 5.34. The van der Waals surface area contributed by atoms with Crippen molar-refractivity contribution in [3.05, 3.63) is 96.1 Å². The third-order valence-electron chi connectivity index (χ3n) is 6.78. The number of alkyl halides is 3. The van der Waals surface area contributed by atoms with Crippen LogP contribution >= 0.6 is 0 Å². The maximum atomic E-state index is 14.7. The highest BCUT2D eigenvalue weighted by atomic mass is 19.4. The molecule has 0 unspecified atom stereocenters. The van der Waals surface area contributed by atoms with Crippen LogP contribution < -0.4 is 0 Å². The average molecular weight is 417 g/mol. The van der Waals surface area contributed by atoms with Gasteiger partial charge in [0.25, 0.3) is 0 Å². The Bertz CT molecular complexity index is 1270. The lowest BCUT2D eigenvalue weighted by atomic mass is 9.70. The van der Waals surface area contributed by atoms with Crippen LogP contribution in [0.4, 0.5) is 13.2 Å². The Morgan fingerprint density at radius 2 is 1.39 bits per heavy atom. The second kappa shape index (κ2) is 6.06. The highest BCUT2D eigenvalue weighted by molar-refractivity contribution is 5.85. The Hall–Kier alpha value is -3.41. The zero-order chi connectivity index (χ0) is 21.3. The number of rotatable bonds is 3. The molecule has 1 atom stereocenters. The normalized spacial score (nSPS) is 20.9. The second-order valence-corrected chi connectivity index (χ2v) is 8.27. The van der Waals surface area contributed by atoms with Gasteiger partial charge in [-0.05, 0) is 24.0 Å². The molecule has 0 amide bonds. The van der Waals surface area contributed by atoms with E-state index in [2.05, 4.69) is 10.3 Å². The fourth-order valence-corrected chi connectivity index (χ4v) is 5.34. The van der Waals surface area contributed by atoms with Crippen LogP contribution in [0.3, 0.4) is 0 Å². The van der Waals surface area contributed by atoms with Gasteiger partial charge < -0.3 is 0 Å². The molecule has 1 aromatic heterocycles. The molecule has 4 aromatic rings. The summed E-state index contributed by atoms with van der Waals surface area (Å²) in [6.07, 6.45) is -4.28. The van der Waals surface area contributed by atoms with E-state index in [-0.39, 0.29) is 12.8 Å². The van der Waals surface area contributed by atoms with Gasteiger partial charge in [0.2, 0.25) is 0 Å². The molecule has 3 aromatic carbocycles. The third-order valence-corrected chi connectivity index (χ3v) is 6.78. The summed E-state index contributed by atoms with van der Waals surface area (Å²) >= 11 is 0. The zero-order valence-corrected chi connectivity index (χ0v) is 16.5. The van der Waals surface area contributed by atoms with Crippen molar-refractivity contribution in [1.82, 2.24) is 15.0 Å². The van der Waals surface area contributed by atoms with E-state index < -0.39 is 17.1 Å². The molecule has 2 heterocycles. The summed E-state index contributed by atoms with van der Waals surface area (Å²) in [7, 11) is 0. The zero-order valence-electron chi connectivity index (χ0n) is 16.5. The predicted octanol–water partition coefficient (Wildman–Crippen LogP) is 6.06. The molecule has 154 valence electrons. The van der Waals surface area contributed by atoms with Gasteiger partial charge in [0.15, 0.2) is 0 Å². The van der Waals surface area contributed by atoms with Gasteiger partial charge in [0.05, 0.1) is 11.1 Å². The van der Waals surface area contributed by atoms with E-state index >= 15 is 0 Å². The molecule has 0 N–H and O–H groups in total. The van der Waals surface area contributed by atoms with Crippen LogP contribution in [-0.4, -0.2) is 21.2 Å². The highest BCUT2D eigenvalue weighted by Crippen LogP contribution is 2.72. The monoisotopic (exact) mass is 417 g/mol. The average Bonchev–Trinajstić information content (AvgIpc) is 3.42. The highest BCUT2D eigenvalue weighted by Gasteiger charge is 2.77. The van der Waals surface area contributed by atoms with Crippen molar-refractivity contribution in [2.75, 3.05) is 0 Å². The van der Waals surface area contributed by atoms with Crippen LogP contribution in [0.15, 0.2) is 84.9 Å². The van der Waals surface area contributed by atoms with Gasteiger partial charge in [-0.25, -0.2) is 4.68 Å². The van der Waals surface area contributed by atoms with Crippen molar-refractivity contribution in [2.24, 2.45) is 5.41 Å². The summed E-state index contributed by atoms with van der Waals surface area (Å²) in [5, 5.41) is 8.80. The van der Waals surface area contributed by atoms with E-state index in [0.29, 0.717) is 22.5 Å². The molecule has 1 aliphatic carbocycles. The summed E-state index contributed by atoms with van der Waals surface area (Å²) in [4.78, 5) is 0. The van der Waals surface area contributed by atoms with Crippen molar-refractivity contribution >= 4 is 0 Å². The van der Waals surface area contributed by atoms with Crippen molar-refractivity contribution < 1.29 is 13.2 Å². The maximum absolute atomic E-state index is 14.7. The van der Waals surface area contributed by atoms with E-state index in [1.165, 1.54) is 0 Å². The Labute approximate surface area is 177 Å². The van der Waals surface area contributed by atoms with E-state index in [9.17, 15) is 13.2 Å². The van der Waals surface area contributed by atoms with Gasteiger partial charge in [-0.15, -0.1) is 5.10 Å². The van der Waals surface area contributed by atoms with E-state index in [0.717, 1.165) is 11.1 Å². The molecule has 0 bridgehead atoms. The lowest BCUT2D eigenvalue weighted by molar-refractivity contribution is -0.208. The number of halogens is 3. The Morgan fingerprint density at radius 1 is 0.774 bits per heavy atom. The second-order valence-electron chi connectivity index (χ2n) is 8.27. The maximum Gasteiger partial charge on any atom is 0.397 e.